The predicted octanol–water partition coefficient (Wildman–Crippen LogP) is 0.792. The Hall–Kier alpha value is -2.43. The lowest BCUT2D eigenvalue weighted by atomic mass is 10.0. The van der Waals surface area contributed by atoms with Crippen molar-refractivity contribution in [2.45, 2.75) is 25.8 Å². The Morgan fingerprint density at radius 3 is 2.24 bits per heavy atom. The van der Waals surface area contributed by atoms with Crippen LogP contribution in [-0.2, 0) is 4.79 Å². The molecule has 0 bridgehead atoms. The second-order valence-corrected chi connectivity index (χ2v) is 8.20. The molecular formula is C25H35N3O+2. The quantitative estimate of drug-likeness (QED) is 0.610. The summed E-state index contributed by atoms with van der Waals surface area (Å²) in [5.41, 5.74) is 2.53. The molecule has 0 radical (unpaired) electrons. The van der Waals surface area contributed by atoms with Crippen LogP contribution >= 0.6 is 0 Å². The van der Waals surface area contributed by atoms with Crippen molar-refractivity contribution in [3.8, 4) is 0 Å². The minimum absolute atomic E-state index is 0.0133. The molecule has 1 saturated heterocycles. The highest BCUT2D eigenvalue weighted by Gasteiger charge is 2.30. The van der Waals surface area contributed by atoms with Gasteiger partial charge in [0.1, 0.15) is 26.2 Å². The van der Waals surface area contributed by atoms with Gasteiger partial charge >= 0.3 is 0 Å². The molecule has 1 heterocycles. The van der Waals surface area contributed by atoms with Gasteiger partial charge in [0.25, 0.3) is 5.91 Å². The second kappa shape index (κ2) is 10.9. The van der Waals surface area contributed by atoms with Gasteiger partial charge in [-0.05, 0) is 30.0 Å². The molecule has 4 heteroatoms. The van der Waals surface area contributed by atoms with E-state index in [1.54, 1.807) is 4.90 Å². The number of benzene rings is 2. The van der Waals surface area contributed by atoms with Crippen molar-refractivity contribution >= 4 is 12.0 Å². The van der Waals surface area contributed by atoms with Gasteiger partial charge < -0.3 is 15.1 Å². The van der Waals surface area contributed by atoms with Gasteiger partial charge in [-0.25, -0.2) is 0 Å². The third kappa shape index (κ3) is 6.55. The molecule has 1 amide bonds. The van der Waals surface area contributed by atoms with E-state index in [-0.39, 0.29) is 11.9 Å². The standard InChI is InChI=1S/C25H33N3O/c1-21(24-13-7-4-8-14-24)20-26-25(29)22(2)28-18-16-27(17-19-28)15-9-12-23-10-5-3-6-11-23/h3-14,21-22H,15-20H2,1-2H3,(H,26,29)/p+2/b12-9+/t21-,22-/m1/s1. The van der Waals surface area contributed by atoms with Crippen molar-refractivity contribution < 1.29 is 14.6 Å². The van der Waals surface area contributed by atoms with Crippen LogP contribution < -0.4 is 15.1 Å². The average Bonchev–Trinajstić information content (AvgIpc) is 2.78. The smallest absolute Gasteiger partial charge is 0.278 e. The summed E-state index contributed by atoms with van der Waals surface area (Å²) in [4.78, 5) is 15.6. The summed E-state index contributed by atoms with van der Waals surface area (Å²) in [6, 6.07) is 20.8. The monoisotopic (exact) mass is 393 g/mol. The minimum Gasteiger partial charge on any atom is -0.350 e. The lowest BCUT2D eigenvalue weighted by Crippen LogP contribution is -3.30. The van der Waals surface area contributed by atoms with Gasteiger partial charge in [0.05, 0.1) is 6.54 Å². The van der Waals surface area contributed by atoms with Crippen molar-refractivity contribution in [2.24, 2.45) is 0 Å². The normalized spacial score (nSPS) is 21.6. The molecule has 0 aliphatic carbocycles. The fourth-order valence-electron chi connectivity index (χ4n) is 3.98. The third-order valence-corrected chi connectivity index (χ3v) is 6.07. The van der Waals surface area contributed by atoms with E-state index in [1.165, 1.54) is 16.0 Å². The lowest BCUT2D eigenvalue weighted by molar-refractivity contribution is -1.02. The zero-order chi connectivity index (χ0) is 20.5. The highest BCUT2D eigenvalue weighted by atomic mass is 16.2. The van der Waals surface area contributed by atoms with Crippen LogP contribution in [0.2, 0.25) is 0 Å². The van der Waals surface area contributed by atoms with Gasteiger partial charge in [-0.15, -0.1) is 0 Å². The summed E-state index contributed by atoms with van der Waals surface area (Å²) in [6.45, 7) is 10.3. The fraction of sp³-hybridized carbons (Fsp3) is 0.400. The van der Waals surface area contributed by atoms with Crippen LogP contribution in [-0.4, -0.2) is 51.2 Å². The Morgan fingerprint density at radius 2 is 1.59 bits per heavy atom. The number of carbonyl (C=O) groups is 1. The summed E-state index contributed by atoms with van der Waals surface area (Å²) < 4.78 is 0. The first-order chi connectivity index (χ1) is 14.1. The molecule has 1 aliphatic rings. The first-order valence-electron chi connectivity index (χ1n) is 10.9. The van der Waals surface area contributed by atoms with Crippen LogP contribution in [0.5, 0.6) is 0 Å². The molecule has 4 nitrogen and oxygen atoms in total. The lowest BCUT2D eigenvalue weighted by Gasteiger charge is -2.32. The van der Waals surface area contributed by atoms with Gasteiger partial charge in [-0.1, -0.05) is 73.7 Å². The Labute approximate surface area is 175 Å². The Balaban J connectivity index is 1.38. The average molecular weight is 394 g/mol. The molecule has 1 fully saturated rings. The Bertz CT molecular complexity index is 767. The molecule has 1 aliphatic heterocycles. The Kier molecular flexibility index (Phi) is 8.03. The van der Waals surface area contributed by atoms with Crippen molar-refractivity contribution in [1.82, 2.24) is 5.32 Å². The van der Waals surface area contributed by atoms with Gasteiger partial charge in [0, 0.05) is 6.54 Å². The summed E-state index contributed by atoms with van der Waals surface area (Å²) in [5.74, 6) is 0.509. The zero-order valence-corrected chi connectivity index (χ0v) is 17.7. The number of hydrogen-bond donors (Lipinski definition) is 3. The summed E-state index contributed by atoms with van der Waals surface area (Å²) in [6.07, 6.45) is 4.48. The topological polar surface area (TPSA) is 38.0 Å². The molecule has 3 rings (SSSR count). The first-order valence-corrected chi connectivity index (χ1v) is 10.9. The molecule has 2 aromatic rings. The van der Waals surface area contributed by atoms with E-state index in [9.17, 15) is 4.79 Å². The Morgan fingerprint density at radius 1 is 0.966 bits per heavy atom. The first kappa shape index (κ1) is 21.3. The molecular weight excluding hydrogens is 358 g/mol. The van der Waals surface area contributed by atoms with E-state index in [0.717, 1.165) is 32.7 Å². The van der Waals surface area contributed by atoms with E-state index < -0.39 is 0 Å². The predicted molar refractivity (Wildman–Crippen MR) is 119 cm³/mol. The summed E-state index contributed by atoms with van der Waals surface area (Å²) in [5, 5.41) is 3.16. The van der Waals surface area contributed by atoms with Crippen molar-refractivity contribution in [2.75, 3.05) is 39.3 Å². The van der Waals surface area contributed by atoms with Crippen LogP contribution in [0.4, 0.5) is 0 Å². The van der Waals surface area contributed by atoms with E-state index in [4.69, 9.17) is 0 Å². The van der Waals surface area contributed by atoms with Crippen molar-refractivity contribution in [3.05, 3.63) is 77.9 Å². The van der Waals surface area contributed by atoms with E-state index in [0.29, 0.717) is 12.5 Å². The number of nitrogens with one attached hydrogen (secondary N) is 3. The number of amides is 1. The molecule has 0 aromatic heterocycles. The van der Waals surface area contributed by atoms with Crippen LogP contribution in [0.15, 0.2) is 66.7 Å². The summed E-state index contributed by atoms with van der Waals surface area (Å²) in [7, 11) is 0. The fourth-order valence-corrected chi connectivity index (χ4v) is 3.98. The highest BCUT2D eigenvalue weighted by molar-refractivity contribution is 5.79. The van der Waals surface area contributed by atoms with Gasteiger partial charge in [-0.2, -0.15) is 0 Å². The van der Waals surface area contributed by atoms with Crippen LogP contribution in [0.25, 0.3) is 6.08 Å². The van der Waals surface area contributed by atoms with Crippen LogP contribution in [0.3, 0.4) is 0 Å². The zero-order valence-electron chi connectivity index (χ0n) is 17.7. The van der Waals surface area contributed by atoms with Crippen molar-refractivity contribution in [1.29, 1.82) is 0 Å². The maximum atomic E-state index is 12.6. The highest BCUT2D eigenvalue weighted by Crippen LogP contribution is 2.12. The largest absolute Gasteiger partial charge is 0.350 e. The molecule has 0 unspecified atom stereocenters. The van der Waals surface area contributed by atoms with E-state index in [1.807, 2.05) is 12.1 Å². The maximum absolute atomic E-state index is 12.6. The van der Waals surface area contributed by atoms with E-state index in [2.05, 4.69) is 79.8 Å². The molecule has 0 saturated carbocycles. The number of rotatable bonds is 8. The maximum Gasteiger partial charge on any atom is 0.278 e. The van der Waals surface area contributed by atoms with Gasteiger partial charge in [0.2, 0.25) is 0 Å². The molecule has 154 valence electrons. The minimum atomic E-state index is 0.0133. The SMILES string of the molecule is C[C@H](CNC(=O)[C@@H](C)[NH+]1CC[NH+](C/C=C/c2ccccc2)CC1)c1ccccc1. The number of hydrogen-bond acceptors (Lipinski definition) is 1. The van der Waals surface area contributed by atoms with Gasteiger partial charge in [0.15, 0.2) is 6.04 Å². The van der Waals surface area contributed by atoms with Crippen LogP contribution in [0, 0.1) is 0 Å². The third-order valence-electron chi connectivity index (χ3n) is 6.07. The molecule has 2 atom stereocenters. The molecule has 2 aromatic carbocycles. The van der Waals surface area contributed by atoms with Gasteiger partial charge in [-0.3, -0.25) is 4.79 Å². The second-order valence-electron chi connectivity index (χ2n) is 8.20. The van der Waals surface area contributed by atoms with Crippen molar-refractivity contribution in [3.63, 3.8) is 0 Å². The molecule has 29 heavy (non-hydrogen) atoms. The molecule has 3 N–H and O–H groups in total. The number of carbonyl (C=O) groups excluding carboxylic acids is 1. The molecule has 0 spiro atoms. The summed E-state index contributed by atoms with van der Waals surface area (Å²) >= 11 is 0. The number of piperazine rings is 1. The number of quaternary nitrogens is 2. The van der Waals surface area contributed by atoms with E-state index >= 15 is 0 Å². The van der Waals surface area contributed by atoms with Crippen LogP contribution in [0.1, 0.15) is 30.9 Å².